The van der Waals surface area contributed by atoms with Crippen LogP contribution in [0.3, 0.4) is 0 Å². The van der Waals surface area contributed by atoms with Crippen molar-refractivity contribution >= 4 is 33.2 Å². The molecule has 2 aromatic rings. The Bertz CT molecular complexity index is 756. The standard InChI is InChI=1S/C12H11BrN4O3/c1-2-20-12(19)17-9-6-8(13)7-15-10(9)16(11(17)18)5-3-4-14/h6-7H,2-3,5H2,1H3. The molecule has 0 aromatic carbocycles. The molecule has 0 bridgehead atoms. The molecule has 0 saturated heterocycles. The molecule has 0 atom stereocenters. The molecule has 7 nitrogen and oxygen atoms in total. The first-order chi connectivity index (χ1) is 9.60. The van der Waals surface area contributed by atoms with E-state index < -0.39 is 11.8 Å². The number of carbonyl (C=O) groups excluding carboxylic acids is 1. The zero-order valence-electron chi connectivity index (χ0n) is 10.7. The smallest absolute Gasteiger partial charge is 0.422 e. The maximum atomic E-state index is 12.3. The fourth-order valence-corrected chi connectivity index (χ4v) is 2.16. The largest absolute Gasteiger partial charge is 0.449 e. The van der Waals surface area contributed by atoms with Crippen molar-refractivity contribution in [1.82, 2.24) is 14.1 Å². The van der Waals surface area contributed by atoms with Crippen LogP contribution in [0.4, 0.5) is 4.79 Å². The van der Waals surface area contributed by atoms with Crippen LogP contribution in [0.15, 0.2) is 21.5 Å². The molecule has 0 saturated carbocycles. The molecule has 104 valence electrons. The van der Waals surface area contributed by atoms with Crippen molar-refractivity contribution in [3.8, 4) is 6.07 Å². The number of pyridine rings is 1. The Kier molecular flexibility index (Phi) is 4.20. The quantitative estimate of drug-likeness (QED) is 0.852. The van der Waals surface area contributed by atoms with Crippen molar-refractivity contribution in [1.29, 1.82) is 5.26 Å². The molecular formula is C12H11BrN4O3. The number of nitrogens with zero attached hydrogens (tertiary/aromatic N) is 4. The van der Waals surface area contributed by atoms with Gasteiger partial charge in [-0.15, -0.1) is 0 Å². The molecule has 0 spiro atoms. The average molecular weight is 339 g/mol. The van der Waals surface area contributed by atoms with Gasteiger partial charge in [-0.05, 0) is 28.9 Å². The van der Waals surface area contributed by atoms with Crippen LogP contribution in [0.25, 0.3) is 11.2 Å². The minimum absolute atomic E-state index is 0.152. The molecule has 0 N–H and O–H groups in total. The normalized spacial score (nSPS) is 10.4. The summed E-state index contributed by atoms with van der Waals surface area (Å²) in [6, 6.07) is 3.58. The Morgan fingerprint density at radius 2 is 2.35 bits per heavy atom. The molecular weight excluding hydrogens is 328 g/mol. The summed E-state index contributed by atoms with van der Waals surface area (Å²) in [6.45, 7) is 2.00. The maximum Gasteiger partial charge on any atom is 0.422 e. The lowest BCUT2D eigenvalue weighted by Crippen LogP contribution is -2.30. The number of rotatable bonds is 3. The molecule has 0 fully saturated rings. The van der Waals surface area contributed by atoms with Crippen molar-refractivity contribution < 1.29 is 9.53 Å². The highest BCUT2D eigenvalue weighted by Crippen LogP contribution is 2.17. The lowest BCUT2D eigenvalue weighted by Gasteiger charge is -2.01. The van der Waals surface area contributed by atoms with Crippen molar-refractivity contribution in [3.05, 3.63) is 27.2 Å². The van der Waals surface area contributed by atoms with Gasteiger partial charge in [0, 0.05) is 17.2 Å². The molecule has 20 heavy (non-hydrogen) atoms. The fraction of sp³-hybridized carbons (Fsp3) is 0.333. The van der Waals surface area contributed by atoms with E-state index in [9.17, 15) is 9.59 Å². The maximum absolute atomic E-state index is 12.3. The number of ether oxygens (including phenoxy) is 1. The third-order valence-electron chi connectivity index (χ3n) is 2.63. The highest BCUT2D eigenvalue weighted by Gasteiger charge is 2.20. The number of aryl methyl sites for hydroxylation is 1. The van der Waals surface area contributed by atoms with Crippen LogP contribution in [0, 0.1) is 11.3 Å². The first kappa shape index (κ1) is 14.3. The molecule has 2 aromatic heterocycles. The van der Waals surface area contributed by atoms with Gasteiger partial charge < -0.3 is 4.74 Å². The molecule has 0 amide bonds. The van der Waals surface area contributed by atoms with Gasteiger partial charge in [0.2, 0.25) is 0 Å². The van der Waals surface area contributed by atoms with Crippen LogP contribution >= 0.6 is 15.9 Å². The van der Waals surface area contributed by atoms with E-state index in [1.807, 2.05) is 6.07 Å². The predicted molar refractivity (Wildman–Crippen MR) is 74.3 cm³/mol. The topological polar surface area (TPSA) is 89.9 Å². The summed E-state index contributed by atoms with van der Waals surface area (Å²) < 4.78 is 7.73. The first-order valence-electron chi connectivity index (χ1n) is 5.91. The van der Waals surface area contributed by atoms with Crippen LogP contribution < -0.4 is 5.69 Å². The number of carbonyl (C=O) groups is 1. The number of aromatic nitrogens is 3. The summed E-state index contributed by atoms with van der Waals surface area (Å²) in [5, 5.41) is 8.64. The Morgan fingerprint density at radius 3 is 3.00 bits per heavy atom. The molecule has 0 aliphatic carbocycles. The molecule has 2 rings (SSSR count). The summed E-state index contributed by atoms with van der Waals surface area (Å²) in [5.74, 6) is 0. The van der Waals surface area contributed by atoms with Gasteiger partial charge in [-0.3, -0.25) is 4.57 Å². The molecule has 0 aliphatic heterocycles. The highest BCUT2D eigenvalue weighted by atomic mass is 79.9. The summed E-state index contributed by atoms with van der Waals surface area (Å²) in [4.78, 5) is 28.3. The second-order valence-electron chi connectivity index (χ2n) is 3.87. The summed E-state index contributed by atoms with van der Waals surface area (Å²) in [5.41, 5.74) is 0.140. The summed E-state index contributed by atoms with van der Waals surface area (Å²) in [7, 11) is 0. The summed E-state index contributed by atoms with van der Waals surface area (Å²) >= 11 is 3.25. The van der Waals surface area contributed by atoms with E-state index in [1.54, 1.807) is 13.0 Å². The predicted octanol–water partition coefficient (Wildman–Crippen LogP) is 1.88. The molecule has 0 radical (unpaired) electrons. The van der Waals surface area contributed by atoms with E-state index >= 15 is 0 Å². The van der Waals surface area contributed by atoms with E-state index in [0.717, 1.165) is 4.57 Å². The van der Waals surface area contributed by atoms with Gasteiger partial charge in [0.25, 0.3) is 0 Å². The molecule has 2 heterocycles. The second-order valence-corrected chi connectivity index (χ2v) is 4.79. The van der Waals surface area contributed by atoms with Gasteiger partial charge in [0.1, 0.15) is 5.52 Å². The van der Waals surface area contributed by atoms with E-state index in [1.165, 1.54) is 10.8 Å². The number of fused-ring (bicyclic) bond motifs is 1. The highest BCUT2D eigenvalue weighted by molar-refractivity contribution is 9.10. The monoisotopic (exact) mass is 338 g/mol. The molecule has 8 heteroatoms. The minimum Gasteiger partial charge on any atom is -0.449 e. The van der Waals surface area contributed by atoms with Crippen LogP contribution in [-0.4, -0.2) is 26.8 Å². The molecule has 0 unspecified atom stereocenters. The SMILES string of the molecule is CCOC(=O)n1c(=O)n(CCC#N)c2ncc(Br)cc21. The average Bonchev–Trinajstić information content (AvgIpc) is 2.68. The Labute approximate surface area is 122 Å². The number of hydrogen-bond donors (Lipinski definition) is 0. The van der Waals surface area contributed by atoms with Crippen LogP contribution in [0.2, 0.25) is 0 Å². The van der Waals surface area contributed by atoms with E-state index in [-0.39, 0.29) is 19.6 Å². The second kappa shape index (κ2) is 5.88. The van der Waals surface area contributed by atoms with Crippen molar-refractivity contribution in [2.24, 2.45) is 0 Å². The summed E-state index contributed by atoms with van der Waals surface area (Å²) in [6.07, 6.45) is 0.929. The van der Waals surface area contributed by atoms with Crippen molar-refractivity contribution in [2.45, 2.75) is 19.9 Å². The number of imidazole rings is 1. The number of hydrogen-bond acceptors (Lipinski definition) is 5. The van der Waals surface area contributed by atoms with E-state index in [0.29, 0.717) is 15.6 Å². The third kappa shape index (κ3) is 2.44. The Hall–Kier alpha value is -2.14. The van der Waals surface area contributed by atoms with Gasteiger partial charge in [-0.25, -0.2) is 14.6 Å². The van der Waals surface area contributed by atoms with Crippen molar-refractivity contribution in [3.63, 3.8) is 0 Å². The van der Waals surface area contributed by atoms with Crippen molar-refractivity contribution in [2.75, 3.05) is 6.61 Å². The fourth-order valence-electron chi connectivity index (χ4n) is 1.84. The number of nitriles is 1. The lowest BCUT2D eigenvalue weighted by atomic mass is 10.4. The zero-order valence-corrected chi connectivity index (χ0v) is 12.3. The van der Waals surface area contributed by atoms with Crippen LogP contribution in [0.1, 0.15) is 13.3 Å². The van der Waals surface area contributed by atoms with E-state index in [2.05, 4.69) is 20.9 Å². The lowest BCUT2D eigenvalue weighted by molar-refractivity contribution is 0.154. The molecule has 0 aliphatic rings. The van der Waals surface area contributed by atoms with Gasteiger partial charge in [0.05, 0.1) is 19.1 Å². The zero-order chi connectivity index (χ0) is 14.7. The Morgan fingerprint density at radius 1 is 1.60 bits per heavy atom. The van der Waals surface area contributed by atoms with E-state index in [4.69, 9.17) is 10.00 Å². The van der Waals surface area contributed by atoms with Crippen LogP contribution in [0.5, 0.6) is 0 Å². The van der Waals surface area contributed by atoms with Gasteiger partial charge in [0.15, 0.2) is 5.65 Å². The van der Waals surface area contributed by atoms with Crippen LogP contribution in [-0.2, 0) is 11.3 Å². The first-order valence-corrected chi connectivity index (χ1v) is 6.70. The third-order valence-corrected chi connectivity index (χ3v) is 3.06. The van der Waals surface area contributed by atoms with Gasteiger partial charge in [-0.1, -0.05) is 0 Å². The minimum atomic E-state index is -0.752. The number of halogens is 1. The Balaban J connectivity index is 2.70. The van der Waals surface area contributed by atoms with Gasteiger partial charge >= 0.3 is 11.8 Å². The van der Waals surface area contributed by atoms with Gasteiger partial charge in [-0.2, -0.15) is 9.83 Å².